The Bertz CT molecular complexity index is 494. The third-order valence-corrected chi connectivity index (χ3v) is 3.70. The fourth-order valence-electron chi connectivity index (χ4n) is 2.65. The number of hydrogen-bond donors (Lipinski definition) is 1. The molecule has 0 radical (unpaired) electrons. The standard InChI is InChI=1S/C12H12N2O2/c1-14-10(15)9-6-12(9,11(14)16)7-2-4-8(13)5-3-7/h2-5,9H,6,13H2,1H3. The van der Waals surface area contributed by atoms with Crippen molar-refractivity contribution in [2.45, 2.75) is 11.8 Å². The third-order valence-electron chi connectivity index (χ3n) is 3.70. The average molecular weight is 216 g/mol. The van der Waals surface area contributed by atoms with Crippen molar-refractivity contribution in [3.05, 3.63) is 29.8 Å². The number of imide groups is 1. The maximum Gasteiger partial charge on any atom is 0.240 e. The van der Waals surface area contributed by atoms with Gasteiger partial charge in [-0.3, -0.25) is 14.5 Å². The van der Waals surface area contributed by atoms with E-state index in [2.05, 4.69) is 0 Å². The van der Waals surface area contributed by atoms with Gasteiger partial charge in [0, 0.05) is 12.7 Å². The number of nitrogens with zero attached hydrogens (tertiary/aromatic N) is 1. The van der Waals surface area contributed by atoms with Gasteiger partial charge in [-0.15, -0.1) is 0 Å². The van der Waals surface area contributed by atoms with E-state index < -0.39 is 5.41 Å². The molecule has 2 aliphatic rings. The first-order chi connectivity index (χ1) is 7.57. The summed E-state index contributed by atoms with van der Waals surface area (Å²) in [4.78, 5) is 25.0. The van der Waals surface area contributed by atoms with Gasteiger partial charge in [0.2, 0.25) is 11.8 Å². The molecule has 1 aromatic rings. The largest absolute Gasteiger partial charge is 0.399 e. The number of piperidine rings is 1. The zero-order chi connectivity index (χ0) is 11.5. The average Bonchev–Trinajstić information content (AvgIpc) is 2.99. The fraction of sp³-hybridized carbons (Fsp3) is 0.333. The number of nitrogens with two attached hydrogens (primary N) is 1. The Morgan fingerprint density at radius 2 is 1.94 bits per heavy atom. The smallest absolute Gasteiger partial charge is 0.240 e. The molecule has 1 saturated heterocycles. The maximum atomic E-state index is 12.0. The molecule has 0 aromatic heterocycles. The Hall–Kier alpha value is -1.84. The summed E-state index contributed by atoms with van der Waals surface area (Å²) in [6, 6.07) is 7.24. The van der Waals surface area contributed by atoms with E-state index in [9.17, 15) is 9.59 Å². The molecule has 1 heterocycles. The molecule has 2 atom stereocenters. The lowest BCUT2D eigenvalue weighted by Gasteiger charge is -2.14. The van der Waals surface area contributed by atoms with Crippen molar-refractivity contribution in [3.8, 4) is 0 Å². The van der Waals surface area contributed by atoms with Gasteiger partial charge in [-0.2, -0.15) is 0 Å². The third kappa shape index (κ3) is 0.894. The van der Waals surface area contributed by atoms with Gasteiger partial charge in [0.15, 0.2) is 0 Å². The van der Waals surface area contributed by atoms with Gasteiger partial charge in [0.05, 0.1) is 11.3 Å². The molecule has 2 amide bonds. The van der Waals surface area contributed by atoms with Crippen LogP contribution >= 0.6 is 0 Å². The topological polar surface area (TPSA) is 63.4 Å². The molecule has 2 unspecified atom stereocenters. The molecule has 1 aliphatic carbocycles. The van der Waals surface area contributed by atoms with E-state index in [-0.39, 0.29) is 17.7 Å². The molecule has 0 spiro atoms. The molecular weight excluding hydrogens is 204 g/mol. The van der Waals surface area contributed by atoms with Crippen LogP contribution in [0, 0.1) is 5.92 Å². The van der Waals surface area contributed by atoms with Crippen LogP contribution in [-0.4, -0.2) is 23.8 Å². The number of amides is 2. The summed E-state index contributed by atoms with van der Waals surface area (Å²) in [5.41, 5.74) is 6.62. The number of rotatable bonds is 1. The molecule has 4 heteroatoms. The number of anilines is 1. The maximum absolute atomic E-state index is 12.0. The van der Waals surface area contributed by atoms with Crippen LogP contribution in [0.15, 0.2) is 24.3 Å². The second kappa shape index (κ2) is 2.64. The molecule has 82 valence electrons. The van der Waals surface area contributed by atoms with E-state index in [1.54, 1.807) is 19.2 Å². The Balaban J connectivity index is 2.06. The highest BCUT2D eigenvalue weighted by molar-refractivity contribution is 6.14. The second-order valence-corrected chi connectivity index (χ2v) is 4.55. The van der Waals surface area contributed by atoms with Crippen LogP contribution in [0.1, 0.15) is 12.0 Å². The van der Waals surface area contributed by atoms with E-state index in [1.807, 2.05) is 12.1 Å². The van der Waals surface area contributed by atoms with E-state index >= 15 is 0 Å². The van der Waals surface area contributed by atoms with Gasteiger partial charge in [0.25, 0.3) is 0 Å². The Kier molecular flexibility index (Phi) is 1.55. The van der Waals surface area contributed by atoms with Crippen molar-refractivity contribution < 1.29 is 9.59 Å². The molecular formula is C12H12N2O2. The van der Waals surface area contributed by atoms with Crippen molar-refractivity contribution >= 4 is 17.5 Å². The molecule has 3 rings (SSSR count). The number of likely N-dealkylation sites (N-methyl/N-ethyl adjacent to an activating group) is 1. The minimum atomic E-state index is -0.570. The summed E-state index contributed by atoms with van der Waals surface area (Å²) < 4.78 is 0. The highest BCUT2D eigenvalue weighted by Crippen LogP contribution is 2.60. The van der Waals surface area contributed by atoms with Crippen LogP contribution in [-0.2, 0) is 15.0 Å². The monoisotopic (exact) mass is 216 g/mol. The highest BCUT2D eigenvalue weighted by Gasteiger charge is 2.71. The zero-order valence-electron chi connectivity index (χ0n) is 8.93. The van der Waals surface area contributed by atoms with E-state index in [4.69, 9.17) is 5.73 Å². The van der Waals surface area contributed by atoms with Gasteiger partial charge < -0.3 is 5.73 Å². The van der Waals surface area contributed by atoms with Crippen LogP contribution < -0.4 is 5.73 Å². The minimum absolute atomic E-state index is 0.0539. The van der Waals surface area contributed by atoms with Crippen LogP contribution in [0.4, 0.5) is 5.69 Å². The van der Waals surface area contributed by atoms with Crippen LogP contribution in [0.2, 0.25) is 0 Å². The second-order valence-electron chi connectivity index (χ2n) is 4.55. The summed E-state index contributed by atoms with van der Waals surface area (Å²) in [5, 5.41) is 0. The molecule has 16 heavy (non-hydrogen) atoms. The van der Waals surface area contributed by atoms with E-state index in [0.717, 1.165) is 5.56 Å². The summed E-state index contributed by atoms with van der Waals surface area (Å²) in [5.74, 6) is -0.275. The molecule has 0 bridgehead atoms. The number of hydrogen-bond acceptors (Lipinski definition) is 3. The number of nitrogen functional groups attached to an aromatic ring is 1. The van der Waals surface area contributed by atoms with Gasteiger partial charge in [-0.1, -0.05) is 12.1 Å². The number of likely N-dealkylation sites (tertiary alicyclic amines) is 1. The first-order valence-corrected chi connectivity index (χ1v) is 5.25. The molecule has 4 nitrogen and oxygen atoms in total. The first-order valence-electron chi connectivity index (χ1n) is 5.25. The normalized spacial score (nSPS) is 31.8. The highest BCUT2D eigenvalue weighted by atomic mass is 16.2. The zero-order valence-corrected chi connectivity index (χ0v) is 8.93. The predicted molar refractivity (Wildman–Crippen MR) is 58.4 cm³/mol. The predicted octanol–water partition coefficient (Wildman–Crippen LogP) is 0.525. The number of fused-ring (bicyclic) bond motifs is 1. The lowest BCUT2D eigenvalue weighted by molar-refractivity contribution is -0.140. The Morgan fingerprint density at radius 1 is 1.31 bits per heavy atom. The van der Waals surface area contributed by atoms with Gasteiger partial charge >= 0.3 is 0 Å². The first kappa shape index (κ1) is 9.39. The van der Waals surface area contributed by atoms with E-state index in [0.29, 0.717) is 12.1 Å². The van der Waals surface area contributed by atoms with Crippen molar-refractivity contribution in [1.29, 1.82) is 0 Å². The summed E-state index contributed by atoms with van der Waals surface area (Å²) >= 11 is 0. The SMILES string of the molecule is CN1C(=O)C2CC2(c2ccc(N)cc2)C1=O. The number of carbonyl (C=O) groups is 2. The summed E-state index contributed by atoms with van der Waals surface area (Å²) in [6.07, 6.45) is 0.652. The molecule has 1 aromatic carbocycles. The Labute approximate surface area is 93.0 Å². The molecule has 2 N–H and O–H groups in total. The van der Waals surface area contributed by atoms with Crippen molar-refractivity contribution in [2.75, 3.05) is 12.8 Å². The molecule has 1 saturated carbocycles. The van der Waals surface area contributed by atoms with Crippen molar-refractivity contribution in [3.63, 3.8) is 0 Å². The van der Waals surface area contributed by atoms with E-state index in [1.165, 1.54) is 4.90 Å². The summed E-state index contributed by atoms with van der Waals surface area (Å²) in [6.45, 7) is 0. The minimum Gasteiger partial charge on any atom is -0.399 e. The van der Waals surface area contributed by atoms with Gasteiger partial charge in [-0.05, 0) is 24.1 Å². The van der Waals surface area contributed by atoms with Crippen molar-refractivity contribution in [1.82, 2.24) is 4.90 Å². The lowest BCUT2D eigenvalue weighted by atomic mass is 9.94. The van der Waals surface area contributed by atoms with Crippen molar-refractivity contribution in [2.24, 2.45) is 5.92 Å². The number of benzene rings is 1. The summed E-state index contributed by atoms with van der Waals surface area (Å²) in [7, 11) is 1.55. The molecule has 1 aliphatic heterocycles. The Morgan fingerprint density at radius 3 is 2.44 bits per heavy atom. The fourth-order valence-corrected chi connectivity index (χ4v) is 2.65. The van der Waals surface area contributed by atoms with Crippen LogP contribution in [0.25, 0.3) is 0 Å². The quantitative estimate of drug-likeness (QED) is 0.550. The lowest BCUT2D eigenvalue weighted by Crippen LogP contribution is -2.32. The van der Waals surface area contributed by atoms with Crippen LogP contribution in [0.3, 0.4) is 0 Å². The number of carbonyl (C=O) groups excluding carboxylic acids is 2. The van der Waals surface area contributed by atoms with Gasteiger partial charge in [-0.25, -0.2) is 0 Å². The molecule has 2 fully saturated rings. The van der Waals surface area contributed by atoms with Crippen LogP contribution in [0.5, 0.6) is 0 Å². The van der Waals surface area contributed by atoms with Gasteiger partial charge in [0.1, 0.15) is 0 Å².